The summed E-state index contributed by atoms with van der Waals surface area (Å²) in [5, 5.41) is 5.18. The lowest BCUT2D eigenvalue weighted by molar-refractivity contribution is 0.101. The predicted octanol–water partition coefficient (Wildman–Crippen LogP) is 3.78. The van der Waals surface area contributed by atoms with E-state index in [0.29, 0.717) is 16.9 Å². The molecule has 20 heavy (non-hydrogen) atoms. The van der Waals surface area contributed by atoms with Crippen LogP contribution in [0.4, 0.5) is 0 Å². The number of halogens is 1. The van der Waals surface area contributed by atoms with Crippen LogP contribution >= 0.6 is 15.9 Å². The Hall–Kier alpha value is -1.88. The van der Waals surface area contributed by atoms with Crippen molar-refractivity contribution in [3.63, 3.8) is 0 Å². The highest BCUT2D eigenvalue weighted by Gasteiger charge is 2.22. The number of carbonyl (C=O) groups excluding carboxylic acids is 1. The fraction of sp³-hybridized carbons (Fsp3) is 0.200. The molecular weight excluding hydrogens is 320 g/mol. The molecule has 0 saturated heterocycles. The number of fused-ring (bicyclic) bond motifs is 1. The summed E-state index contributed by atoms with van der Waals surface area (Å²) in [6.45, 7) is 3.71. The summed E-state index contributed by atoms with van der Waals surface area (Å²) in [5.74, 6) is 0.220. The Balaban J connectivity index is 2.12. The largest absolute Gasteiger partial charge is 0.453 e. The van der Waals surface area contributed by atoms with Crippen molar-refractivity contribution in [2.24, 2.45) is 7.05 Å². The van der Waals surface area contributed by atoms with Crippen LogP contribution < -0.4 is 0 Å². The maximum atomic E-state index is 12.6. The van der Waals surface area contributed by atoms with Crippen molar-refractivity contribution >= 4 is 32.7 Å². The average Bonchev–Trinajstić information content (AvgIpc) is 2.91. The highest BCUT2D eigenvalue weighted by Crippen LogP contribution is 2.26. The van der Waals surface area contributed by atoms with Gasteiger partial charge in [-0.05, 0) is 38.1 Å². The standard InChI is InChI=1S/C15H13BrN2O2/c1-8-14(9(2)18(3)17-8)15(19)13-7-10-6-11(16)4-5-12(10)20-13/h4-7H,1-3H3. The van der Waals surface area contributed by atoms with Gasteiger partial charge in [0.05, 0.1) is 11.3 Å². The van der Waals surface area contributed by atoms with Crippen molar-refractivity contribution in [3.8, 4) is 0 Å². The molecule has 0 aliphatic carbocycles. The van der Waals surface area contributed by atoms with Gasteiger partial charge in [-0.15, -0.1) is 0 Å². The number of nitrogens with zero attached hydrogens (tertiary/aromatic N) is 2. The van der Waals surface area contributed by atoms with Crippen molar-refractivity contribution in [2.75, 3.05) is 0 Å². The lowest BCUT2D eigenvalue weighted by atomic mass is 10.1. The molecule has 0 atom stereocenters. The number of aryl methyl sites for hydroxylation is 2. The highest BCUT2D eigenvalue weighted by atomic mass is 79.9. The molecule has 0 aliphatic rings. The van der Waals surface area contributed by atoms with E-state index in [4.69, 9.17) is 4.42 Å². The number of carbonyl (C=O) groups is 1. The molecule has 0 fully saturated rings. The van der Waals surface area contributed by atoms with E-state index in [1.807, 2.05) is 39.1 Å². The average molecular weight is 333 g/mol. The van der Waals surface area contributed by atoms with E-state index in [-0.39, 0.29) is 5.78 Å². The van der Waals surface area contributed by atoms with Gasteiger partial charge in [0.1, 0.15) is 5.58 Å². The van der Waals surface area contributed by atoms with Crippen molar-refractivity contribution in [2.45, 2.75) is 13.8 Å². The first-order chi connectivity index (χ1) is 9.47. The molecule has 0 N–H and O–H groups in total. The summed E-state index contributed by atoms with van der Waals surface area (Å²) < 4.78 is 8.32. The monoisotopic (exact) mass is 332 g/mol. The molecule has 4 nitrogen and oxygen atoms in total. The molecule has 102 valence electrons. The molecule has 5 heteroatoms. The normalized spacial score (nSPS) is 11.2. The SMILES string of the molecule is Cc1nn(C)c(C)c1C(=O)c1cc2cc(Br)ccc2o1. The van der Waals surface area contributed by atoms with Gasteiger partial charge in [-0.3, -0.25) is 9.48 Å². The molecule has 0 amide bonds. The number of hydrogen-bond acceptors (Lipinski definition) is 3. The summed E-state index contributed by atoms with van der Waals surface area (Å²) in [4.78, 5) is 12.6. The Bertz CT molecular complexity index is 830. The van der Waals surface area contributed by atoms with E-state index in [1.54, 1.807) is 10.7 Å². The van der Waals surface area contributed by atoms with Crippen LogP contribution in [0.25, 0.3) is 11.0 Å². The van der Waals surface area contributed by atoms with Crippen LogP contribution in [0.3, 0.4) is 0 Å². The number of hydrogen-bond donors (Lipinski definition) is 0. The Labute approximate surface area is 124 Å². The van der Waals surface area contributed by atoms with Crippen LogP contribution in [0, 0.1) is 13.8 Å². The number of aromatic nitrogens is 2. The Kier molecular flexibility index (Phi) is 3.01. The molecule has 0 aliphatic heterocycles. The highest BCUT2D eigenvalue weighted by molar-refractivity contribution is 9.10. The quantitative estimate of drug-likeness (QED) is 0.671. The zero-order chi connectivity index (χ0) is 14.4. The summed E-state index contributed by atoms with van der Waals surface area (Å²) in [6, 6.07) is 7.44. The fourth-order valence-corrected chi connectivity index (χ4v) is 2.73. The van der Waals surface area contributed by atoms with Crippen molar-refractivity contribution in [1.82, 2.24) is 9.78 Å². The van der Waals surface area contributed by atoms with E-state index in [0.717, 1.165) is 21.2 Å². The van der Waals surface area contributed by atoms with Gasteiger partial charge in [-0.1, -0.05) is 15.9 Å². The van der Waals surface area contributed by atoms with Gasteiger partial charge in [0.15, 0.2) is 5.76 Å². The second-order valence-corrected chi connectivity index (χ2v) is 5.71. The minimum atomic E-state index is -0.125. The zero-order valence-electron chi connectivity index (χ0n) is 11.4. The van der Waals surface area contributed by atoms with E-state index in [2.05, 4.69) is 21.0 Å². The number of rotatable bonds is 2. The zero-order valence-corrected chi connectivity index (χ0v) is 13.0. The second kappa shape index (κ2) is 4.59. The lowest BCUT2D eigenvalue weighted by Gasteiger charge is -1.98. The fourth-order valence-electron chi connectivity index (χ4n) is 2.35. The van der Waals surface area contributed by atoms with Crippen molar-refractivity contribution < 1.29 is 9.21 Å². The van der Waals surface area contributed by atoms with Gasteiger partial charge >= 0.3 is 0 Å². The molecule has 3 aromatic rings. The van der Waals surface area contributed by atoms with Crippen LogP contribution in [0.15, 0.2) is 33.2 Å². The van der Waals surface area contributed by atoms with E-state index in [9.17, 15) is 4.79 Å². The third kappa shape index (κ3) is 1.98. The molecule has 0 saturated carbocycles. The minimum Gasteiger partial charge on any atom is -0.453 e. The van der Waals surface area contributed by atoms with Gasteiger partial charge in [0, 0.05) is 22.6 Å². The van der Waals surface area contributed by atoms with Crippen LogP contribution in [-0.4, -0.2) is 15.6 Å². The molecule has 0 unspecified atom stereocenters. The summed E-state index contributed by atoms with van der Waals surface area (Å²) >= 11 is 3.41. The molecule has 1 aromatic carbocycles. The first-order valence-electron chi connectivity index (χ1n) is 6.21. The first kappa shape index (κ1) is 13.1. The summed E-state index contributed by atoms with van der Waals surface area (Å²) in [5.41, 5.74) is 2.88. The van der Waals surface area contributed by atoms with Crippen LogP contribution in [0.1, 0.15) is 27.5 Å². The third-order valence-corrected chi connectivity index (χ3v) is 3.93. The van der Waals surface area contributed by atoms with Gasteiger partial charge in [0.25, 0.3) is 0 Å². The van der Waals surface area contributed by atoms with Crippen molar-refractivity contribution in [1.29, 1.82) is 0 Å². The molecule has 2 heterocycles. The molecule has 2 aromatic heterocycles. The number of ketones is 1. The molecule has 0 radical (unpaired) electrons. The summed E-state index contributed by atoms with van der Waals surface area (Å²) in [7, 11) is 1.83. The van der Waals surface area contributed by atoms with Gasteiger partial charge in [-0.2, -0.15) is 5.10 Å². The predicted molar refractivity (Wildman–Crippen MR) is 80.0 cm³/mol. The van der Waals surface area contributed by atoms with E-state index in [1.165, 1.54) is 0 Å². The van der Waals surface area contributed by atoms with E-state index >= 15 is 0 Å². The summed E-state index contributed by atoms with van der Waals surface area (Å²) in [6.07, 6.45) is 0. The molecule has 0 bridgehead atoms. The Morgan fingerprint density at radius 1 is 1.30 bits per heavy atom. The van der Waals surface area contributed by atoms with Crippen LogP contribution in [0.5, 0.6) is 0 Å². The first-order valence-corrected chi connectivity index (χ1v) is 7.00. The topological polar surface area (TPSA) is 48.0 Å². The van der Waals surface area contributed by atoms with E-state index < -0.39 is 0 Å². The molecular formula is C15H13BrN2O2. The smallest absolute Gasteiger partial charge is 0.231 e. The van der Waals surface area contributed by atoms with Crippen LogP contribution in [-0.2, 0) is 7.05 Å². The Morgan fingerprint density at radius 3 is 2.70 bits per heavy atom. The maximum Gasteiger partial charge on any atom is 0.231 e. The Morgan fingerprint density at radius 2 is 2.05 bits per heavy atom. The molecule has 0 spiro atoms. The lowest BCUT2D eigenvalue weighted by Crippen LogP contribution is -2.03. The maximum absolute atomic E-state index is 12.6. The van der Waals surface area contributed by atoms with Gasteiger partial charge < -0.3 is 4.42 Å². The van der Waals surface area contributed by atoms with Gasteiger partial charge in [0.2, 0.25) is 5.78 Å². The molecule has 3 rings (SSSR count). The van der Waals surface area contributed by atoms with Crippen LogP contribution in [0.2, 0.25) is 0 Å². The van der Waals surface area contributed by atoms with Crippen molar-refractivity contribution in [3.05, 3.63) is 51.4 Å². The number of furan rings is 1. The van der Waals surface area contributed by atoms with Gasteiger partial charge in [-0.25, -0.2) is 0 Å². The number of benzene rings is 1. The third-order valence-electron chi connectivity index (χ3n) is 3.44. The second-order valence-electron chi connectivity index (χ2n) is 4.79. The minimum absolute atomic E-state index is 0.125.